The van der Waals surface area contributed by atoms with Crippen molar-refractivity contribution >= 4 is 11.8 Å². The number of piperidine rings is 1. The SMILES string of the molecule is C=C(/C=C\CC)NC1CCC(=O)NC1=O. The van der Waals surface area contributed by atoms with Gasteiger partial charge in [0, 0.05) is 12.1 Å². The average Bonchev–Trinajstić information content (AvgIpc) is 2.19. The normalized spacial score (nSPS) is 21.5. The summed E-state index contributed by atoms with van der Waals surface area (Å²) in [6.45, 7) is 5.80. The van der Waals surface area contributed by atoms with Crippen molar-refractivity contribution in [3.05, 3.63) is 24.4 Å². The van der Waals surface area contributed by atoms with E-state index in [4.69, 9.17) is 0 Å². The lowest BCUT2D eigenvalue weighted by atomic mass is 10.1. The highest BCUT2D eigenvalue weighted by Gasteiger charge is 2.25. The van der Waals surface area contributed by atoms with Gasteiger partial charge in [-0.05, 0) is 18.9 Å². The molecule has 1 saturated heterocycles. The van der Waals surface area contributed by atoms with E-state index in [0.29, 0.717) is 18.5 Å². The molecule has 1 aliphatic rings. The molecule has 4 heteroatoms. The molecular weight excluding hydrogens is 192 g/mol. The maximum atomic E-state index is 11.4. The summed E-state index contributed by atoms with van der Waals surface area (Å²) in [4.78, 5) is 22.2. The monoisotopic (exact) mass is 208 g/mol. The number of carbonyl (C=O) groups excluding carboxylic acids is 2. The van der Waals surface area contributed by atoms with E-state index in [1.165, 1.54) is 0 Å². The molecule has 0 spiro atoms. The molecule has 0 aromatic rings. The van der Waals surface area contributed by atoms with Gasteiger partial charge in [-0.15, -0.1) is 0 Å². The highest BCUT2D eigenvalue weighted by molar-refractivity contribution is 6.00. The van der Waals surface area contributed by atoms with Crippen LogP contribution in [0.3, 0.4) is 0 Å². The molecular formula is C11H16N2O2. The maximum absolute atomic E-state index is 11.4. The third-order valence-corrected chi connectivity index (χ3v) is 2.15. The van der Waals surface area contributed by atoms with E-state index < -0.39 is 0 Å². The van der Waals surface area contributed by atoms with Crippen molar-refractivity contribution in [1.29, 1.82) is 0 Å². The molecule has 0 aliphatic carbocycles. The van der Waals surface area contributed by atoms with Gasteiger partial charge in [-0.2, -0.15) is 0 Å². The molecule has 0 saturated carbocycles. The summed E-state index contributed by atoms with van der Waals surface area (Å²) in [5, 5.41) is 5.26. The van der Waals surface area contributed by atoms with Crippen LogP contribution in [0.4, 0.5) is 0 Å². The van der Waals surface area contributed by atoms with Gasteiger partial charge in [0.15, 0.2) is 0 Å². The van der Waals surface area contributed by atoms with E-state index in [1.807, 2.05) is 19.1 Å². The lowest BCUT2D eigenvalue weighted by Crippen LogP contribution is -2.50. The summed E-state index contributed by atoms with van der Waals surface area (Å²) in [7, 11) is 0. The van der Waals surface area contributed by atoms with E-state index in [9.17, 15) is 9.59 Å². The molecule has 1 fully saturated rings. The van der Waals surface area contributed by atoms with Gasteiger partial charge < -0.3 is 5.32 Å². The zero-order valence-electron chi connectivity index (χ0n) is 8.88. The average molecular weight is 208 g/mol. The quantitative estimate of drug-likeness (QED) is 0.532. The van der Waals surface area contributed by atoms with Gasteiger partial charge in [-0.1, -0.05) is 19.6 Å². The first-order chi connectivity index (χ1) is 7.13. The van der Waals surface area contributed by atoms with E-state index in [0.717, 1.165) is 6.42 Å². The molecule has 0 aromatic heterocycles. The summed E-state index contributed by atoms with van der Waals surface area (Å²) < 4.78 is 0. The topological polar surface area (TPSA) is 58.2 Å². The van der Waals surface area contributed by atoms with E-state index in [-0.39, 0.29) is 17.9 Å². The lowest BCUT2D eigenvalue weighted by molar-refractivity contribution is -0.134. The van der Waals surface area contributed by atoms with Gasteiger partial charge in [-0.3, -0.25) is 14.9 Å². The van der Waals surface area contributed by atoms with Crippen LogP contribution < -0.4 is 10.6 Å². The fourth-order valence-electron chi connectivity index (χ4n) is 1.36. The second kappa shape index (κ2) is 5.34. The fourth-order valence-corrected chi connectivity index (χ4v) is 1.36. The third-order valence-electron chi connectivity index (χ3n) is 2.15. The van der Waals surface area contributed by atoms with E-state index >= 15 is 0 Å². The Morgan fingerprint density at radius 2 is 2.40 bits per heavy atom. The van der Waals surface area contributed by atoms with Crippen LogP contribution in [-0.4, -0.2) is 17.9 Å². The molecule has 0 radical (unpaired) electrons. The Balaban J connectivity index is 2.45. The molecule has 1 atom stereocenters. The lowest BCUT2D eigenvalue weighted by Gasteiger charge is -2.22. The molecule has 4 nitrogen and oxygen atoms in total. The van der Waals surface area contributed by atoms with Gasteiger partial charge in [0.05, 0.1) is 0 Å². The van der Waals surface area contributed by atoms with Crippen LogP contribution in [0.2, 0.25) is 0 Å². The number of rotatable bonds is 4. The number of nitrogens with one attached hydrogen (secondary N) is 2. The Morgan fingerprint density at radius 1 is 1.67 bits per heavy atom. The number of hydrogen-bond acceptors (Lipinski definition) is 3. The molecule has 1 unspecified atom stereocenters. The molecule has 2 N–H and O–H groups in total. The predicted molar refractivity (Wildman–Crippen MR) is 57.9 cm³/mol. The Bertz CT molecular complexity index is 308. The van der Waals surface area contributed by atoms with Crippen molar-refractivity contribution in [1.82, 2.24) is 10.6 Å². The van der Waals surface area contributed by atoms with Crippen molar-refractivity contribution in [2.24, 2.45) is 0 Å². The van der Waals surface area contributed by atoms with Gasteiger partial charge in [-0.25, -0.2) is 0 Å². The first kappa shape index (κ1) is 11.5. The molecule has 1 heterocycles. The fraction of sp³-hybridized carbons (Fsp3) is 0.455. The van der Waals surface area contributed by atoms with Gasteiger partial charge in [0.2, 0.25) is 11.8 Å². The highest BCUT2D eigenvalue weighted by Crippen LogP contribution is 2.06. The Hall–Kier alpha value is -1.58. The summed E-state index contributed by atoms with van der Waals surface area (Å²) >= 11 is 0. The predicted octanol–water partition coefficient (Wildman–Crippen LogP) is 0.861. The number of amides is 2. The molecule has 2 amide bonds. The zero-order valence-corrected chi connectivity index (χ0v) is 8.88. The summed E-state index contributed by atoms with van der Waals surface area (Å²) in [5.74, 6) is -0.468. The third kappa shape index (κ3) is 3.58. The summed E-state index contributed by atoms with van der Waals surface area (Å²) in [6.07, 6.45) is 5.64. The molecule has 0 bridgehead atoms. The van der Waals surface area contributed by atoms with Crippen LogP contribution in [0.5, 0.6) is 0 Å². The Morgan fingerprint density at radius 3 is 3.00 bits per heavy atom. The summed E-state index contributed by atoms with van der Waals surface area (Å²) in [6, 6.07) is -0.336. The first-order valence-electron chi connectivity index (χ1n) is 5.09. The number of hydrogen-bond donors (Lipinski definition) is 2. The molecule has 0 aromatic carbocycles. The van der Waals surface area contributed by atoms with Crippen LogP contribution in [0.25, 0.3) is 0 Å². The highest BCUT2D eigenvalue weighted by atomic mass is 16.2. The minimum absolute atomic E-state index is 0.201. The van der Waals surface area contributed by atoms with Crippen molar-refractivity contribution in [3.8, 4) is 0 Å². The molecule has 1 aliphatic heterocycles. The van der Waals surface area contributed by atoms with Crippen LogP contribution in [0.1, 0.15) is 26.2 Å². The maximum Gasteiger partial charge on any atom is 0.249 e. The zero-order chi connectivity index (χ0) is 11.3. The number of imide groups is 1. The van der Waals surface area contributed by atoms with Gasteiger partial charge in [0.25, 0.3) is 0 Å². The second-order valence-electron chi connectivity index (χ2n) is 3.48. The number of carbonyl (C=O) groups is 2. The first-order valence-corrected chi connectivity index (χ1v) is 5.09. The second-order valence-corrected chi connectivity index (χ2v) is 3.48. The van der Waals surface area contributed by atoms with Crippen LogP contribution >= 0.6 is 0 Å². The van der Waals surface area contributed by atoms with Crippen LogP contribution in [0.15, 0.2) is 24.4 Å². The Kier molecular flexibility index (Phi) is 4.09. The molecule has 82 valence electrons. The largest absolute Gasteiger partial charge is 0.374 e. The standard InChI is InChI=1S/C11H16N2O2/c1-3-4-5-8(2)12-9-6-7-10(14)13-11(9)15/h4-5,9,12H,2-3,6-7H2,1H3,(H,13,14,15)/b5-4-. The number of allylic oxidation sites excluding steroid dienone is 2. The van der Waals surface area contributed by atoms with Crippen molar-refractivity contribution in [2.45, 2.75) is 32.2 Å². The Labute approximate surface area is 89.4 Å². The van der Waals surface area contributed by atoms with Gasteiger partial charge in [0.1, 0.15) is 6.04 Å². The van der Waals surface area contributed by atoms with Crippen LogP contribution in [-0.2, 0) is 9.59 Å². The van der Waals surface area contributed by atoms with Crippen molar-refractivity contribution in [3.63, 3.8) is 0 Å². The van der Waals surface area contributed by atoms with Crippen LogP contribution in [0, 0.1) is 0 Å². The van der Waals surface area contributed by atoms with Crippen molar-refractivity contribution < 1.29 is 9.59 Å². The minimum atomic E-state index is -0.336. The van der Waals surface area contributed by atoms with E-state index in [2.05, 4.69) is 17.2 Å². The minimum Gasteiger partial charge on any atom is -0.374 e. The van der Waals surface area contributed by atoms with Crippen molar-refractivity contribution in [2.75, 3.05) is 0 Å². The smallest absolute Gasteiger partial charge is 0.249 e. The van der Waals surface area contributed by atoms with Gasteiger partial charge >= 0.3 is 0 Å². The summed E-state index contributed by atoms with van der Waals surface area (Å²) in [5.41, 5.74) is 0.700. The van der Waals surface area contributed by atoms with E-state index in [1.54, 1.807) is 0 Å². The molecule has 1 rings (SSSR count). The molecule has 15 heavy (non-hydrogen) atoms.